The van der Waals surface area contributed by atoms with Gasteiger partial charge in [0.25, 0.3) is 0 Å². The van der Waals surface area contributed by atoms with E-state index < -0.39 is 5.54 Å². The molecule has 2 aromatic rings. The van der Waals surface area contributed by atoms with Gasteiger partial charge in [0.2, 0.25) is 0 Å². The van der Waals surface area contributed by atoms with E-state index in [0.717, 1.165) is 11.1 Å². The first-order chi connectivity index (χ1) is 11.1. The topological polar surface area (TPSA) is 75.0 Å². The highest BCUT2D eigenvalue weighted by atomic mass is 16.5. The molecular formula is C18H19N3O2. The molecule has 0 unspecified atom stereocenters. The molecule has 0 saturated heterocycles. The van der Waals surface area contributed by atoms with Crippen molar-refractivity contribution in [3.05, 3.63) is 65.5 Å². The fourth-order valence-electron chi connectivity index (χ4n) is 2.40. The number of ether oxygens (including phenoxy) is 1. The molecule has 118 valence electrons. The van der Waals surface area contributed by atoms with Gasteiger partial charge in [-0.15, -0.1) is 0 Å². The second-order valence-electron chi connectivity index (χ2n) is 5.49. The summed E-state index contributed by atoms with van der Waals surface area (Å²) < 4.78 is 4.82. The van der Waals surface area contributed by atoms with Gasteiger partial charge in [-0.2, -0.15) is 5.26 Å². The van der Waals surface area contributed by atoms with Gasteiger partial charge in [0.1, 0.15) is 0 Å². The first-order valence-electron chi connectivity index (χ1n) is 7.29. The Labute approximate surface area is 135 Å². The molecule has 0 aliphatic rings. The van der Waals surface area contributed by atoms with Crippen LogP contribution in [-0.2, 0) is 21.6 Å². The van der Waals surface area contributed by atoms with Crippen LogP contribution < -0.4 is 5.32 Å². The molecule has 0 saturated carbocycles. The van der Waals surface area contributed by atoms with Crippen molar-refractivity contribution in [2.75, 3.05) is 7.11 Å². The van der Waals surface area contributed by atoms with Crippen LogP contribution in [0.5, 0.6) is 0 Å². The Kier molecular flexibility index (Phi) is 5.45. The fourth-order valence-corrected chi connectivity index (χ4v) is 2.40. The Morgan fingerprint density at radius 1 is 1.35 bits per heavy atom. The molecule has 1 N–H and O–H groups in total. The highest BCUT2D eigenvalue weighted by molar-refractivity contribution is 5.71. The number of carbonyl (C=O) groups is 1. The average Bonchev–Trinajstić information content (AvgIpc) is 2.61. The maximum atomic E-state index is 11.8. The number of pyridine rings is 1. The van der Waals surface area contributed by atoms with Gasteiger partial charge in [-0.3, -0.25) is 9.78 Å². The van der Waals surface area contributed by atoms with Gasteiger partial charge in [-0.1, -0.05) is 12.1 Å². The third kappa shape index (κ3) is 4.38. The molecule has 1 aromatic carbocycles. The normalized spacial score (nSPS) is 12.9. The van der Waals surface area contributed by atoms with Crippen LogP contribution >= 0.6 is 0 Å². The number of nitrogens with one attached hydrogen (secondary N) is 1. The maximum Gasteiger partial charge on any atom is 0.307 e. The lowest BCUT2D eigenvalue weighted by molar-refractivity contribution is -0.142. The van der Waals surface area contributed by atoms with Crippen LogP contribution in [0.25, 0.3) is 0 Å². The summed E-state index contributed by atoms with van der Waals surface area (Å²) in [6.07, 6.45) is 3.59. The number of rotatable bonds is 6. The quantitative estimate of drug-likeness (QED) is 0.830. The Balaban J connectivity index is 2.21. The predicted molar refractivity (Wildman–Crippen MR) is 86.2 cm³/mol. The number of hydrogen-bond acceptors (Lipinski definition) is 5. The van der Waals surface area contributed by atoms with Gasteiger partial charge in [0.15, 0.2) is 0 Å². The molecule has 0 aliphatic carbocycles. The third-order valence-electron chi connectivity index (χ3n) is 3.78. The molecule has 0 fully saturated rings. The molecular weight excluding hydrogens is 290 g/mol. The number of nitriles is 1. The Morgan fingerprint density at radius 3 is 2.74 bits per heavy atom. The van der Waals surface area contributed by atoms with Gasteiger partial charge in [0.05, 0.1) is 30.7 Å². The van der Waals surface area contributed by atoms with Crippen molar-refractivity contribution in [1.29, 1.82) is 5.26 Å². The highest BCUT2D eigenvalue weighted by Gasteiger charge is 2.29. The summed E-state index contributed by atoms with van der Waals surface area (Å²) in [6.45, 7) is 2.48. The van der Waals surface area contributed by atoms with Gasteiger partial charge < -0.3 is 10.1 Å². The van der Waals surface area contributed by atoms with Crippen molar-refractivity contribution in [2.45, 2.75) is 25.4 Å². The van der Waals surface area contributed by atoms with Gasteiger partial charge in [0, 0.05) is 18.9 Å². The molecule has 5 nitrogen and oxygen atoms in total. The summed E-state index contributed by atoms with van der Waals surface area (Å²) in [5.74, 6) is -0.289. The van der Waals surface area contributed by atoms with Crippen LogP contribution in [0.2, 0.25) is 0 Å². The smallest absolute Gasteiger partial charge is 0.307 e. The molecule has 1 heterocycles. The van der Waals surface area contributed by atoms with E-state index >= 15 is 0 Å². The highest BCUT2D eigenvalue weighted by Crippen LogP contribution is 2.25. The van der Waals surface area contributed by atoms with E-state index in [1.807, 2.05) is 37.3 Å². The lowest BCUT2D eigenvalue weighted by atomic mass is 9.89. The average molecular weight is 309 g/mol. The Hall–Kier alpha value is -2.71. The Bertz CT molecular complexity index is 710. The maximum absolute atomic E-state index is 11.8. The molecule has 23 heavy (non-hydrogen) atoms. The first kappa shape index (κ1) is 16.7. The van der Waals surface area contributed by atoms with Crippen molar-refractivity contribution in [3.63, 3.8) is 0 Å². The van der Waals surface area contributed by atoms with E-state index in [4.69, 9.17) is 10.00 Å². The number of carbonyl (C=O) groups excluding carboxylic acids is 1. The number of esters is 1. The molecule has 2 rings (SSSR count). The van der Waals surface area contributed by atoms with Crippen LogP contribution in [0.1, 0.15) is 30.0 Å². The largest absolute Gasteiger partial charge is 0.469 e. The van der Waals surface area contributed by atoms with Crippen molar-refractivity contribution in [1.82, 2.24) is 10.3 Å². The van der Waals surface area contributed by atoms with E-state index in [0.29, 0.717) is 12.1 Å². The van der Waals surface area contributed by atoms with E-state index in [1.54, 1.807) is 18.5 Å². The molecule has 5 heteroatoms. The summed E-state index contributed by atoms with van der Waals surface area (Å²) >= 11 is 0. The van der Waals surface area contributed by atoms with Gasteiger partial charge in [-0.25, -0.2) is 0 Å². The second kappa shape index (κ2) is 7.52. The molecule has 0 radical (unpaired) electrons. The summed E-state index contributed by atoms with van der Waals surface area (Å²) in [4.78, 5) is 15.8. The van der Waals surface area contributed by atoms with Crippen LogP contribution in [0.4, 0.5) is 0 Å². The minimum atomic E-state index is -0.585. The zero-order valence-electron chi connectivity index (χ0n) is 13.2. The lowest BCUT2D eigenvalue weighted by Crippen LogP contribution is -2.41. The zero-order valence-corrected chi connectivity index (χ0v) is 13.2. The van der Waals surface area contributed by atoms with Crippen molar-refractivity contribution in [3.8, 4) is 6.07 Å². The number of methoxy groups -OCH3 is 1. The fraction of sp³-hybridized carbons (Fsp3) is 0.278. The van der Waals surface area contributed by atoms with E-state index in [2.05, 4.69) is 16.4 Å². The van der Waals surface area contributed by atoms with E-state index in [1.165, 1.54) is 7.11 Å². The summed E-state index contributed by atoms with van der Waals surface area (Å²) in [7, 11) is 1.38. The van der Waals surface area contributed by atoms with Crippen molar-refractivity contribution in [2.24, 2.45) is 0 Å². The molecule has 0 amide bonds. The van der Waals surface area contributed by atoms with Crippen LogP contribution in [0.15, 0.2) is 48.8 Å². The SMILES string of the molecule is COC(=O)C[C@](C)(NCc1cccc(C#N)c1)c1ccncc1. The third-order valence-corrected chi connectivity index (χ3v) is 3.78. The predicted octanol–water partition coefficient (Wildman–Crippen LogP) is 2.52. The summed E-state index contributed by atoms with van der Waals surface area (Å²) in [5, 5.41) is 12.4. The lowest BCUT2D eigenvalue weighted by Gasteiger charge is -2.30. The van der Waals surface area contributed by atoms with E-state index in [9.17, 15) is 4.79 Å². The number of aromatic nitrogens is 1. The molecule has 1 atom stereocenters. The monoisotopic (exact) mass is 309 g/mol. The Morgan fingerprint density at radius 2 is 2.09 bits per heavy atom. The van der Waals surface area contributed by atoms with Gasteiger partial charge in [-0.05, 0) is 42.3 Å². The summed E-state index contributed by atoms with van der Waals surface area (Å²) in [5.41, 5.74) is 1.96. The first-order valence-corrected chi connectivity index (χ1v) is 7.29. The van der Waals surface area contributed by atoms with Crippen LogP contribution in [-0.4, -0.2) is 18.1 Å². The summed E-state index contributed by atoms with van der Waals surface area (Å²) in [6, 6.07) is 13.3. The van der Waals surface area contributed by atoms with Crippen molar-refractivity contribution >= 4 is 5.97 Å². The molecule has 0 aliphatic heterocycles. The molecule has 0 bridgehead atoms. The van der Waals surface area contributed by atoms with E-state index in [-0.39, 0.29) is 12.4 Å². The number of benzene rings is 1. The van der Waals surface area contributed by atoms with Crippen LogP contribution in [0, 0.1) is 11.3 Å². The molecule has 0 spiro atoms. The molecule has 1 aromatic heterocycles. The minimum absolute atomic E-state index is 0.200. The van der Waals surface area contributed by atoms with Crippen LogP contribution in [0.3, 0.4) is 0 Å². The standard InChI is InChI=1S/C18H19N3O2/c1-18(11-17(22)23-2,16-6-8-20-9-7-16)21-13-15-5-3-4-14(10-15)12-19/h3-10,21H,11,13H2,1-2H3/t18-/m0/s1. The van der Waals surface area contributed by atoms with Crippen molar-refractivity contribution < 1.29 is 9.53 Å². The number of hydrogen-bond donors (Lipinski definition) is 1. The zero-order chi connectivity index (χ0) is 16.7. The van der Waals surface area contributed by atoms with Gasteiger partial charge >= 0.3 is 5.97 Å². The second-order valence-corrected chi connectivity index (χ2v) is 5.49. The minimum Gasteiger partial charge on any atom is -0.469 e. The number of nitrogens with zero attached hydrogens (tertiary/aromatic N) is 2.